The van der Waals surface area contributed by atoms with Crippen molar-refractivity contribution in [3.8, 4) is 11.5 Å². The smallest absolute Gasteiger partial charge is 0.317 e. The average Bonchev–Trinajstić information content (AvgIpc) is 2.72. The van der Waals surface area contributed by atoms with Crippen molar-refractivity contribution in [2.45, 2.75) is 6.10 Å². The number of halogens is 1. The Morgan fingerprint density at radius 1 is 1.04 bits per heavy atom. The van der Waals surface area contributed by atoms with E-state index in [9.17, 15) is 9.18 Å². The van der Waals surface area contributed by atoms with Crippen LogP contribution in [-0.2, 0) is 0 Å². The SMILES string of the molecule is O=C(NC[C@@H]1COc2ccccc2O1)N1CCN(c2ccc(F)cc2)CC1. The van der Waals surface area contributed by atoms with Gasteiger partial charge in [-0.25, -0.2) is 9.18 Å². The van der Waals surface area contributed by atoms with Crippen molar-refractivity contribution in [1.82, 2.24) is 10.2 Å². The molecule has 1 fully saturated rings. The number of nitrogens with one attached hydrogen (secondary N) is 1. The Labute approximate surface area is 157 Å². The molecule has 0 unspecified atom stereocenters. The van der Waals surface area contributed by atoms with E-state index in [2.05, 4.69) is 10.2 Å². The minimum absolute atomic E-state index is 0.101. The largest absolute Gasteiger partial charge is 0.486 e. The number of hydrogen-bond donors (Lipinski definition) is 1. The number of anilines is 1. The van der Waals surface area contributed by atoms with Gasteiger partial charge in [0.15, 0.2) is 17.6 Å². The summed E-state index contributed by atoms with van der Waals surface area (Å²) in [6, 6.07) is 13.9. The molecule has 2 aromatic carbocycles. The number of piperazine rings is 1. The first-order chi connectivity index (χ1) is 13.2. The first-order valence-electron chi connectivity index (χ1n) is 9.11. The zero-order chi connectivity index (χ0) is 18.6. The Bertz CT molecular complexity index is 791. The zero-order valence-electron chi connectivity index (χ0n) is 14.9. The molecule has 2 aromatic rings. The number of hydrogen-bond acceptors (Lipinski definition) is 4. The second-order valence-electron chi connectivity index (χ2n) is 6.63. The van der Waals surface area contributed by atoms with Gasteiger partial charge in [-0.15, -0.1) is 0 Å². The molecule has 2 aliphatic heterocycles. The van der Waals surface area contributed by atoms with E-state index in [0.717, 1.165) is 24.5 Å². The Kier molecular flexibility index (Phi) is 5.00. The predicted octanol–water partition coefficient (Wildman–Crippen LogP) is 2.50. The Morgan fingerprint density at radius 2 is 1.74 bits per heavy atom. The van der Waals surface area contributed by atoms with Crippen molar-refractivity contribution in [3.63, 3.8) is 0 Å². The summed E-state index contributed by atoms with van der Waals surface area (Å²) in [6.45, 7) is 3.48. The highest BCUT2D eigenvalue weighted by Crippen LogP contribution is 2.30. The van der Waals surface area contributed by atoms with E-state index < -0.39 is 0 Å². The summed E-state index contributed by atoms with van der Waals surface area (Å²) < 4.78 is 24.6. The molecule has 1 saturated heterocycles. The number of rotatable bonds is 3. The average molecular weight is 371 g/mol. The summed E-state index contributed by atoms with van der Waals surface area (Å²) in [4.78, 5) is 16.4. The van der Waals surface area contributed by atoms with Crippen LogP contribution in [0.25, 0.3) is 0 Å². The van der Waals surface area contributed by atoms with E-state index >= 15 is 0 Å². The van der Waals surface area contributed by atoms with Gasteiger partial charge in [-0.2, -0.15) is 0 Å². The maximum Gasteiger partial charge on any atom is 0.317 e. The number of carbonyl (C=O) groups excluding carboxylic acids is 1. The molecule has 1 atom stereocenters. The van der Waals surface area contributed by atoms with Crippen molar-refractivity contribution >= 4 is 11.7 Å². The minimum Gasteiger partial charge on any atom is -0.486 e. The lowest BCUT2D eigenvalue weighted by Gasteiger charge is -2.36. The van der Waals surface area contributed by atoms with E-state index in [1.54, 1.807) is 17.0 Å². The topological polar surface area (TPSA) is 54.0 Å². The number of fused-ring (bicyclic) bond motifs is 1. The molecular formula is C20H22FN3O3. The fourth-order valence-corrected chi connectivity index (χ4v) is 3.30. The van der Waals surface area contributed by atoms with Crippen molar-refractivity contribution in [2.75, 3.05) is 44.2 Å². The van der Waals surface area contributed by atoms with Gasteiger partial charge in [0, 0.05) is 31.9 Å². The molecule has 0 radical (unpaired) electrons. The minimum atomic E-state index is -0.242. The van der Waals surface area contributed by atoms with Gasteiger partial charge in [-0.05, 0) is 36.4 Å². The first kappa shape index (κ1) is 17.5. The van der Waals surface area contributed by atoms with Gasteiger partial charge in [0.2, 0.25) is 0 Å². The van der Waals surface area contributed by atoms with Crippen LogP contribution in [0.1, 0.15) is 0 Å². The summed E-state index contributed by atoms with van der Waals surface area (Å²) in [5.41, 5.74) is 0.975. The lowest BCUT2D eigenvalue weighted by Crippen LogP contribution is -2.53. The van der Waals surface area contributed by atoms with Crippen LogP contribution in [0.3, 0.4) is 0 Å². The predicted molar refractivity (Wildman–Crippen MR) is 99.9 cm³/mol. The van der Waals surface area contributed by atoms with Crippen LogP contribution >= 0.6 is 0 Å². The van der Waals surface area contributed by atoms with Crippen LogP contribution in [0.2, 0.25) is 0 Å². The molecule has 4 rings (SSSR count). The standard InChI is InChI=1S/C20H22FN3O3/c21-15-5-7-16(8-6-15)23-9-11-24(12-10-23)20(25)22-13-17-14-26-18-3-1-2-4-19(18)27-17/h1-8,17H,9-14H2,(H,22,25)/t17-/m1/s1. The van der Waals surface area contributed by atoms with E-state index in [0.29, 0.717) is 32.0 Å². The van der Waals surface area contributed by atoms with Gasteiger partial charge in [0.05, 0.1) is 6.54 Å². The van der Waals surface area contributed by atoms with E-state index in [4.69, 9.17) is 9.47 Å². The summed E-state index contributed by atoms with van der Waals surface area (Å²) >= 11 is 0. The van der Waals surface area contributed by atoms with Crippen molar-refractivity contribution < 1.29 is 18.7 Å². The summed E-state index contributed by atoms with van der Waals surface area (Å²) in [7, 11) is 0. The zero-order valence-corrected chi connectivity index (χ0v) is 14.9. The van der Waals surface area contributed by atoms with Crippen molar-refractivity contribution in [3.05, 3.63) is 54.3 Å². The van der Waals surface area contributed by atoms with E-state index in [1.165, 1.54) is 12.1 Å². The van der Waals surface area contributed by atoms with Crippen LogP contribution < -0.4 is 19.7 Å². The molecule has 0 aromatic heterocycles. The molecule has 7 heteroatoms. The highest BCUT2D eigenvalue weighted by atomic mass is 19.1. The third kappa shape index (κ3) is 4.07. The summed E-state index contributed by atoms with van der Waals surface area (Å²) in [6.07, 6.45) is -0.204. The van der Waals surface area contributed by atoms with Gasteiger partial charge in [0.1, 0.15) is 12.4 Å². The molecular weight excluding hydrogens is 349 g/mol. The maximum atomic E-state index is 13.0. The molecule has 6 nitrogen and oxygen atoms in total. The summed E-state index contributed by atoms with van der Waals surface area (Å²) in [5.74, 6) is 1.20. The molecule has 0 saturated carbocycles. The number of benzene rings is 2. The molecule has 0 aliphatic carbocycles. The number of ether oxygens (including phenoxy) is 2. The van der Waals surface area contributed by atoms with Crippen LogP contribution in [0, 0.1) is 5.82 Å². The molecule has 2 amide bonds. The van der Waals surface area contributed by atoms with Crippen molar-refractivity contribution in [2.24, 2.45) is 0 Å². The Balaban J connectivity index is 1.24. The van der Waals surface area contributed by atoms with Crippen LogP contribution in [0.15, 0.2) is 48.5 Å². The van der Waals surface area contributed by atoms with Gasteiger partial charge in [-0.1, -0.05) is 12.1 Å². The quantitative estimate of drug-likeness (QED) is 0.901. The number of urea groups is 1. The second kappa shape index (κ2) is 7.73. The molecule has 0 bridgehead atoms. The molecule has 142 valence electrons. The van der Waals surface area contributed by atoms with Gasteiger partial charge in [-0.3, -0.25) is 0 Å². The number of amides is 2. The number of para-hydroxylation sites is 2. The highest BCUT2D eigenvalue weighted by Gasteiger charge is 2.24. The van der Waals surface area contributed by atoms with E-state index in [-0.39, 0.29) is 18.0 Å². The van der Waals surface area contributed by atoms with Crippen LogP contribution in [0.5, 0.6) is 11.5 Å². The molecule has 2 aliphatic rings. The summed E-state index contributed by atoms with van der Waals surface area (Å²) in [5, 5.41) is 2.93. The number of carbonyl (C=O) groups is 1. The molecule has 0 spiro atoms. The fraction of sp³-hybridized carbons (Fsp3) is 0.350. The lowest BCUT2D eigenvalue weighted by atomic mass is 10.2. The Morgan fingerprint density at radius 3 is 2.48 bits per heavy atom. The number of nitrogens with zero attached hydrogens (tertiary/aromatic N) is 2. The third-order valence-electron chi connectivity index (χ3n) is 4.81. The molecule has 27 heavy (non-hydrogen) atoms. The first-order valence-corrected chi connectivity index (χ1v) is 9.11. The van der Waals surface area contributed by atoms with E-state index in [1.807, 2.05) is 24.3 Å². The van der Waals surface area contributed by atoms with Crippen LogP contribution in [-0.4, -0.2) is 56.4 Å². The van der Waals surface area contributed by atoms with Gasteiger partial charge < -0.3 is 24.6 Å². The maximum absolute atomic E-state index is 13.0. The lowest BCUT2D eigenvalue weighted by molar-refractivity contribution is 0.0900. The van der Waals surface area contributed by atoms with Crippen molar-refractivity contribution in [1.29, 1.82) is 0 Å². The Hall–Kier alpha value is -2.96. The fourth-order valence-electron chi connectivity index (χ4n) is 3.30. The highest BCUT2D eigenvalue weighted by molar-refractivity contribution is 5.74. The second-order valence-corrected chi connectivity index (χ2v) is 6.63. The third-order valence-corrected chi connectivity index (χ3v) is 4.81. The molecule has 1 N–H and O–H groups in total. The van der Waals surface area contributed by atoms with Crippen LogP contribution in [0.4, 0.5) is 14.9 Å². The van der Waals surface area contributed by atoms with Gasteiger partial charge in [0.25, 0.3) is 0 Å². The normalized spacial score (nSPS) is 18.9. The molecule has 2 heterocycles. The van der Waals surface area contributed by atoms with Gasteiger partial charge >= 0.3 is 6.03 Å². The monoisotopic (exact) mass is 371 g/mol.